The topological polar surface area (TPSA) is 143 Å². The van der Waals surface area contributed by atoms with E-state index in [9.17, 15) is 9.90 Å². The normalized spacial score (nSPS) is 12.7. The molecule has 4 aromatic carbocycles. The first-order chi connectivity index (χ1) is 26.0. The van der Waals surface area contributed by atoms with E-state index in [0.29, 0.717) is 57.0 Å². The van der Waals surface area contributed by atoms with Crippen molar-refractivity contribution in [2.45, 2.75) is 78.6 Å². The van der Waals surface area contributed by atoms with E-state index in [1.807, 2.05) is 30.3 Å². The number of fused-ring (bicyclic) bond motifs is 20. The molecule has 2 aliphatic heterocycles. The maximum atomic E-state index is 12.2. The third-order valence-corrected chi connectivity index (χ3v) is 10.5. The van der Waals surface area contributed by atoms with E-state index in [1.165, 1.54) is 0 Å². The molecule has 11 heteroatoms. The number of aromatic carboxylic acids is 1. The van der Waals surface area contributed by atoms with Gasteiger partial charge in [-0.1, -0.05) is 117 Å². The second-order valence-corrected chi connectivity index (χ2v) is 17.5. The minimum atomic E-state index is -1.05. The zero-order chi connectivity index (χ0) is 38.8. The summed E-state index contributed by atoms with van der Waals surface area (Å²) >= 11 is 0. The smallest absolute Gasteiger partial charge is 0.478 e. The van der Waals surface area contributed by atoms with Crippen LogP contribution in [-0.2, 0) is 35.7 Å². The fourth-order valence-electron chi connectivity index (χ4n) is 7.61. The molecule has 56 heavy (non-hydrogen) atoms. The van der Waals surface area contributed by atoms with Gasteiger partial charge in [-0.3, -0.25) is 0 Å². The van der Waals surface area contributed by atoms with E-state index >= 15 is 0 Å². The van der Waals surface area contributed by atoms with Gasteiger partial charge in [0.2, 0.25) is 0 Å². The number of carbonyl (C=O) groups is 1. The predicted molar refractivity (Wildman–Crippen MR) is 217 cm³/mol. The summed E-state index contributed by atoms with van der Waals surface area (Å²) in [6.07, 6.45) is 0. The summed E-state index contributed by atoms with van der Waals surface area (Å²) in [5, 5.41) is 13.3. The Labute approximate surface area is 337 Å². The van der Waals surface area contributed by atoms with Gasteiger partial charge in [0.25, 0.3) is 0 Å². The molecular weight excluding hydrogens is 750 g/mol. The van der Waals surface area contributed by atoms with Gasteiger partial charge in [-0.25, -0.2) is 14.8 Å². The molecule has 2 aliphatic rings. The summed E-state index contributed by atoms with van der Waals surface area (Å²) < 4.78 is 0. The van der Waals surface area contributed by atoms with Crippen LogP contribution in [0, 0.1) is 0 Å². The molecule has 0 saturated carbocycles. The van der Waals surface area contributed by atoms with Crippen LogP contribution in [-0.4, -0.2) is 41.0 Å². The Kier molecular flexibility index (Phi) is 8.44. The van der Waals surface area contributed by atoms with Crippen LogP contribution in [0.5, 0.6) is 0 Å². The molecule has 1 N–H and O–H groups in total. The van der Waals surface area contributed by atoms with Crippen LogP contribution in [0.4, 0.5) is 0 Å². The Morgan fingerprint density at radius 1 is 0.518 bits per heavy atom. The van der Waals surface area contributed by atoms with Crippen LogP contribution >= 0.6 is 0 Å². The molecule has 0 spiro atoms. The first-order valence-electron chi connectivity index (χ1n) is 18.5. The van der Waals surface area contributed by atoms with Gasteiger partial charge in [-0.05, 0) is 72.7 Å². The summed E-state index contributed by atoms with van der Waals surface area (Å²) in [5.74, 6) is 0.653. The van der Waals surface area contributed by atoms with Crippen molar-refractivity contribution in [1.29, 1.82) is 0 Å². The van der Waals surface area contributed by atoms with Crippen LogP contribution in [0.1, 0.15) is 89.4 Å². The van der Waals surface area contributed by atoms with Crippen LogP contribution in [0.2, 0.25) is 0 Å². The van der Waals surface area contributed by atoms with E-state index in [-0.39, 0.29) is 41.3 Å². The second kappa shape index (κ2) is 12.7. The first-order valence-corrected chi connectivity index (χ1v) is 18.5. The van der Waals surface area contributed by atoms with Crippen LogP contribution < -0.4 is 9.97 Å². The standard InChI is InChI=1S/C45H41N8O2.Zn/c1-43(2,3)23-17-19-25-29(21-23)39-47-34(25)46-38-28-20-22(42(54)55)16-18-24(28)35(48-38)50-40-32-26(12-10-14-30(32)44(4,5)6)36(51-40)49-37-27-13-11-15-31(45(7,8)9)33(27)41(52-37)53-39;/h10-21H,1-9H3,(H2-,46,47,48,49,50,51,52,53,54,55);/q-1;+2/p-1. The molecule has 8 bridgehead atoms. The Morgan fingerprint density at radius 2 is 1.09 bits per heavy atom. The molecule has 10 nitrogen and oxygen atoms in total. The third-order valence-electron chi connectivity index (χ3n) is 10.5. The average molecular weight is 790 g/mol. The molecule has 3 aromatic heterocycles. The van der Waals surface area contributed by atoms with E-state index in [2.05, 4.69) is 86.6 Å². The monoisotopic (exact) mass is 788 g/mol. The van der Waals surface area contributed by atoms with Gasteiger partial charge < -0.3 is 35.0 Å². The fourth-order valence-corrected chi connectivity index (χ4v) is 7.61. The number of hydrogen-bond acceptors (Lipinski definition) is 7. The van der Waals surface area contributed by atoms with E-state index in [0.717, 1.165) is 49.4 Å². The van der Waals surface area contributed by atoms with Crippen LogP contribution in [0.3, 0.4) is 0 Å². The molecule has 0 saturated heterocycles. The fraction of sp³-hybridized carbons (Fsp3) is 0.267. The number of hydrogen-bond donors (Lipinski definition) is 1. The molecule has 274 valence electrons. The Balaban J connectivity index is 0.00000441. The quantitative estimate of drug-likeness (QED) is 0.160. The number of aromatic nitrogens is 8. The van der Waals surface area contributed by atoms with Crippen molar-refractivity contribution in [1.82, 2.24) is 39.9 Å². The van der Waals surface area contributed by atoms with Gasteiger partial charge in [-0.2, -0.15) is 0 Å². The number of benzene rings is 4. The van der Waals surface area contributed by atoms with Gasteiger partial charge in [-0.15, -0.1) is 0 Å². The van der Waals surface area contributed by atoms with Crippen LogP contribution in [0.25, 0.3) is 89.7 Å². The SMILES string of the molecule is CC(C)(C)c1ccc2c3nc4nc(nc5[n-]c(nc6nc(nc([n-]3)c2c1)-c1c-6cccc1C(C)(C)C)c1cccc(C(C)(C)C)c51)-c1ccc(C(=O)O)cc1-4.[Zn+2]. The summed E-state index contributed by atoms with van der Waals surface area (Å²) in [6.45, 7) is 19.6. The van der Waals surface area contributed by atoms with Crippen molar-refractivity contribution in [3.8, 4) is 45.6 Å². The minimum absolute atomic E-state index is 0. The molecule has 0 aliphatic carbocycles. The Morgan fingerprint density at radius 3 is 1.79 bits per heavy atom. The molecule has 0 radical (unpaired) electrons. The minimum Gasteiger partial charge on any atom is -0.478 e. The molecule has 5 heterocycles. The van der Waals surface area contributed by atoms with Crippen molar-refractivity contribution in [2.75, 3.05) is 0 Å². The molecule has 7 aromatic rings. The van der Waals surface area contributed by atoms with Gasteiger partial charge in [0.15, 0.2) is 0 Å². The summed E-state index contributed by atoms with van der Waals surface area (Å²) in [7, 11) is 0. The zero-order valence-electron chi connectivity index (χ0n) is 33.1. The number of rotatable bonds is 1. The summed E-state index contributed by atoms with van der Waals surface area (Å²) in [5.41, 5.74) is 7.58. The maximum Gasteiger partial charge on any atom is 2.00 e. The maximum absolute atomic E-state index is 12.2. The molecule has 0 fully saturated rings. The van der Waals surface area contributed by atoms with Crippen molar-refractivity contribution in [2.24, 2.45) is 0 Å². The van der Waals surface area contributed by atoms with E-state index in [1.54, 1.807) is 18.2 Å². The van der Waals surface area contributed by atoms with Gasteiger partial charge in [0.1, 0.15) is 0 Å². The van der Waals surface area contributed by atoms with E-state index in [4.69, 9.17) is 39.9 Å². The van der Waals surface area contributed by atoms with Crippen molar-refractivity contribution in [3.05, 3.63) is 95.1 Å². The Bertz CT molecular complexity index is 2980. The summed E-state index contributed by atoms with van der Waals surface area (Å²) in [6, 6.07) is 23.5. The molecule has 9 rings (SSSR count). The van der Waals surface area contributed by atoms with Gasteiger partial charge in [0, 0.05) is 44.8 Å². The first kappa shape index (κ1) is 37.3. The Hall–Kier alpha value is -5.67. The second-order valence-electron chi connectivity index (χ2n) is 17.5. The number of nitrogens with zero attached hydrogens (tertiary/aromatic N) is 8. The predicted octanol–water partition coefficient (Wildman–Crippen LogP) is 9.72. The largest absolute Gasteiger partial charge is 2.00 e. The van der Waals surface area contributed by atoms with Crippen molar-refractivity contribution < 1.29 is 29.4 Å². The number of carboxylic acid groups (broad SMARTS) is 1. The van der Waals surface area contributed by atoms with Gasteiger partial charge >= 0.3 is 25.4 Å². The molecule has 0 atom stereocenters. The average Bonchev–Trinajstić information content (AvgIpc) is 3.85. The van der Waals surface area contributed by atoms with E-state index < -0.39 is 5.97 Å². The van der Waals surface area contributed by atoms with Crippen LogP contribution in [0.15, 0.2) is 72.8 Å². The van der Waals surface area contributed by atoms with Crippen molar-refractivity contribution >= 4 is 50.1 Å². The third kappa shape index (κ3) is 6.00. The van der Waals surface area contributed by atoms with Crippen molar-refractivity contribution in [3.63, 3.8) is 0 Å². The zero-order valence-corrected chi connectivity index (χ0v) is 36.0. The van der Waals surface area contributed by atoms with Gasteiger partial charge in [0.05, 0.1) is 28.9 Å². The summed E-state index contributed by atoms with van der Waals surface area (Å²) in [4.78, 5) is 53.1. The molecular formula is C45H40N8O2Zn. The molecule has 0 unspecified atom stereocenters. The molecule has 0 amide bonds. The number of carboxylic acids is 1.